The van der Waals surface area contributed by atoms with E-state index in [1.54, 1.807) is 0 Å². The Morgan fingerprint density at radius 2 is 2.11 bits per heavy atom. The number of nitrogens with zero attached hydrogens (tertiary/aromatic N) is 2. The summed E-state index contributed by atoms with van der Waals surface area (Å²) in [6.45, 7) is 3.59. The average Bonchev–Trinajstić information content (AvgIpc) is 2.72. The van der Waals surface area contributed by atoms with Crippen molar-refractivity contribution in [2.75, 3.05) is 26.7 Å². The predicted octanol–water partition coefficient (Wildman–Crippen LogP) is 1.07. The molecule has 1 aromatic rings. The highest BCUT2D eigenvalue weighted by atomic mass is 16.2. The smallest absolute Gasteiger partial charge is 0.239 e. The van der Waals surface area contributed by atoms with Gasteiger partial charge in [0.1, 0.15) is 0 Å². The molecule has 0 aromatic heterocycles. The van der Waals surface area contributed by atoms with E-state index in [4.69, 9.17) is 5.73 Å². The Hall–Kier alpha value is -1.39. The first-order valence-electron chi connectivity index (χ1n) is 6.93. The zero-order chi connectivity index (χ0) is 13.7. The van der Waals surface area contributed by atoms with Gasteiger partial charge in [-0.25, -0.2) is 0 Å². The minimum Gasteiger partial charge on any atom is -0.341 e. The van der Waals surface area contributed by atoms with Crippen molar-refractivity contribution in [3.63, 3.8) is 0 Å². The van der Waals surface area contributed by atoms with E-state index in [2.05, 4.69) is 36.2 Å². The van der Waals surface area contributed by atoms with Crippen molar-refractivity contribution in [2.45, 2.75) is 25.4 Å². The molecule has 0 radical (unpaired) electrons. The van der Waals surface area contributed by atoms with E-state index in [-0.39, 0.29) is 11.9 Å². The number of amides is 1. The van der Waals surface area contributed by atoms with Crippen molar-refractivity contribution in [1.82, 2.24) is 9.80 Å². The number of carbonyl (C=O) groups is 1. The molecule has 2 rings (SSSR count). The van der Waals surface area contributed by atoms with Gasteiger partial charge >= 0.3 is 0 Å². The molecule has 1 unspecified atom stereocenters. The molecule has 0 spiro atoms. The molecule has 0 saturated carbocycles. The van der Waals surface area contributed by atoms with Crippen LogP contribution in [0.3, 0.4) is 0 Å². The lowest BCUT2D eigenvalue weighted by Gasteiger charge is -2.20. The van der Waals surface area contributed by atoms with Crippen molar-refractivity contribution in [3.05, 3.63) is 35.9 Å². The van der Waals surface area contributed by atoms with Gasteiger partial charge in [-0.3, -0.25) is 4.79 Å². The molecule has 1 saturated heterocycles. The largest absolute Gasteiger partial charge is 0.341 e. The molecule has 104 valence electrons. The van der Waals surface area contributed by atoms with Crippen molar-refractivity contribution < 1.29 is 4.79 Å². The molecular formula is C15H23N3O. The summed E-state index contributed by atoms with van der Waals surface area (Å²) in [5.41, 5.74) is 7.02. The van der Waals surface area contributed by atoms with Gasteiger partial charge in [-0.2, -0.15) is 0 Å². The maximum Gasteiger partial charge on any atom is 0.239 e. The molecule has 2 N–H and O–H groups in total. The van der Waals surface area contributed by atoms with E-state index in [1.807, 2.05) is 11.0 Å². The van der Waals surface area contributed by atoms with E-state index >= 15 is 0 Å². The molecule has 1 amide bonds. The molecule has 1 heterocycles. The van der Waals surface area contributed by atoms with Gasteiger partial charge in [0.25, 0.3) is 0 Å². The fourth-order valence-corrected chi connectivity index (χ4v) is 2.49. The van der Waals surface area contributed by atoms with Gasteiger partial charge in [0, 0.05) is 19.6 Å². The lowest BCUT2D eigenvalue weighted by molar-refractivity contribution is -0.128. The van der Waals surface area contributed by atoms with Gasteiger partial charge in [-0.05, 0) is 32.0 Å². The van der Waals surface area contributed by atoms with Crippen molar-refractivity contribution in [3.8, 4) is 0 Å². The first kappa shape index (κ1) is 14.0. The van der Waals surface area contributed by atoms with E-state index in [1.165, 1.54) is 5.56 Å². The van der Waals surface area contributed by atoms with Gasteiger partial charge in [0.05, 0.1) is 6.04 Å². The van der Waals surface area contributed by atoms with Crippen LogP contribution in [0.5, 0.6) is 0 Å². The summed E-state index contributed by atoms with van der Waals surface area (Å²) in [7, 11) is 2.12. The minimum absolute atomic E-state index is 0.116. The number of nitrogens with two attached hydrogens (primary N) is 1. The Morgan fingerprint density at radius 3 is 2.74 bits per heavy atom. The van der Waals surface area contributed by atoms with Crippen LogP contribution in [0.4, 0.5) is 0 Å². The zero-order valence-corrected chi connectivity index (χ0v) is 11.6. The Labute approximate surface area is 115 Å². The maximum absolute atomic E-state index is 11.7. The third-order valence-corrected chi connectivity index (χ3v) is 3.60. The van der Waals surface area contributed by atoms with Crippen LogP contribution < -0.4 is 5.73 Å². The molecule has 0 aliphatic carbocycles. The van der Waals surface area contributed by atoms with Crippen LogP contribution in [0, 0.1) is 0 Å². The number of rotatable bonds is 6. The molecular weight excluding hydrogens is 238 g/mol. The first-order valence-corrected chi connectivity index (χ1v) is 6.93. The van der Waals surface area contributed by atoms with Crippen LogP contribution in [0.25, 0.3) is 0 Å². The Kier molecular flexibility index (Phi) is 4.93. The predicted molar refractivity (Wildman–Crippen MR) is 76.6 cm³/mol. The molecule has 1 atom stereocenters. The van der Waals surface area contributed by atoms with E-state index < -0.39 is 0 Å². The molecule has 1 aliphatic rings. The highest BCUT2D eigenvalue weighted by molar-refractivity contribution is 5.83. The topological polar surface area (TPSA) is 49.6 Å². The second-order valence-electron chi connectivity index (χ2n) is 5.30. The van der Waals surface area contributed by atoms with Gasteiger partial charge < -0.3 is 15.5 Å². The zero-order valence-electron chi connectivity index (χ0n) is 11.6. The average molecular weight is 261 g/mol. The fraction of sp³-hybridized carbons (Fsp3) is 0.533. The van der Waals surface area contributed by atoms with E-state index in [0.29, 0.717) is 0 Å². The quantitative estimate of drug-likeness (QED) is 0.833. The van der Waals surface area contributed by atoms with Gasteiger partial charge in [-0.1, -0.05) is 30.3 Å². The maximum atomic E-state index is 11.7. The summed E-state index contributed by atoms with van der Waals surface area (Å²) in [5.74, 6) is 0.116. The molecule has 4 nitrogen and oxygen atoms in total. The lowest BCUT2D eigenvalue weighted by Crippen LogP contribution is -2.35. The number of hydrogen-bond acceptors (Lipinski definition) is 3. The normalized spacial score (nSPS) is 19.4. The van der Waals surface area contributed by atoms with Crippen LogP contribution in [-0.2, 0) is 11.3 Å². The van der Waals surface area contributed by atoms with Crippen LogP contribution >= 0.6 is 0 Å². The molecule has 0 bridgehead atoms. The molecule has 19 heavy (non-hydrogen) atoms. The standard InChI is InChI=1S/C15H23N3O/c1-17(12-13-6-3-2-4-7-13)9-5-10-18-11-8-14(16)15(18)19/h2-4,6-7,14H,5,8-12,16H2,1H3. The van der Waals surface area contributed by atoms with Crippen molar-refractivity contribution in [1.29, 1.82) is 0 Å². The molecule has 1 fully saturated rings. The summed E-state index contributed by atoms with van der Waals surface area (Å²) in [6.07, 6.45) is 1.81. The summed E-state index contributed by atoms with van der Waals surface area (Å²) in [5, 5.41) is 0. The minimum atomic E-state index is -0.262. The van der Waals surface area contributed by atoms with E-state index in [9.17, 15) is 4.79 Å². The highest BCUT2D eigenvalue weighted by Crippen LogP contribution is 2.10. The Bertz CT molecular complexity index is 407. The Morgan fingerprint density at radius 1 is 1.37 bits per heavy atom. The monoisotopic (exact) mass is 261 g/mol. The fourth-order valence-electron chi connectivity index (χ4n) is 2.49. The SMILES string of the molecule is CN(CCCN1CCC(N)C1=O)Cc1ccccc1. The number of hydrogen-bond donors (Lipinski definition) is 1. The molecule has 1 aliphatic heterocycles. The van der Waals surface area contributed by atoms with Crippen LogP contribution in [-0.4, -0.2) is 48.4 Å². The highest BCUT2D eigenvalue weighted by Gasteiger charge is 2.27. The summed E-state index contributed by atoms with van der Waals surface area (Å²) >= 11 is 0. The van der Waals surface area contributed by atoms with Crippen LogP contribution in [0.15, 0.2) is 30.3 Å². The van der Waals surface area contributed by atoms with Crippen molar-refractivity contribution in [2.24, 2.45) is 5.73 Å². The first-order chi connectivity index (χ1) is 9.16. The number of benzene rings is 1. The molecule has 4 heteroatoms. The third-order valence-electron chi connectivity index (χ3n) is 3.60. The van der Waals surface area contributed by atoms with Crippen molar-refractivity contribution >= 4 is 5.91 Å². The number of carbonyl (C=O) groups excluding carboxylic acids is 1. The van der Waals surface area contributed by atoms with Gasteiger partial charge in [0.15, 0.2) is 0 Å². The second-order valence-corrected chi connectivity index (χ2v) is 5.30. The number of likely N-dealkylation sites (tertiary alicyclic amines) is 1. The van der Waals surface area contributed by atoms with Crippen LogP contribution in [0.2, 0.25) is 0 Å². The second kappa shape index (κ2) is 6.68. The third kappa shape index (κ3) is 4.04. The summed E-state index contributed by atoms with van der Waals surface area (Å²) in [6, 6.07) is 10.2. The summed E-state index contributed by atoms with van der Waals surface area (Å²) < 4.78 is 0. The summed E-state index contributed by atoms with van der Waals surface area (Å²) in [4.78, 5) is 15.8. The van der Waals surface area contributed by atoms with Gasteiger partial charge in [0.2, 0.25) is 5.91 Å². The van der Waals surface area contributed by atoms with Crippen LogP contribution in [0.1, 0.15) is 18.4 Å². The molecule has 1 aromatic carbocycles. The lowest BCUT2D eigenvalue weighted by atomic mass is 10.2. The van der Waals surface area contributed by atoms with E-state index in [0.717, 1.165) is 39.0 Å². The Balaban J connectivity index is 1.67. The van der Waals surface area contributed by atoms with Gasteiger partial charge in [-0.15, -0.1) is 0 Å².